The number of nitrogens with one attached hydrogen (secondary N) is 1. The van der Waals surface area contributed by atoms with Crippen molar-refractivity contribution in [3.8, 4) is 0 Å². The largest absolute Gasteiger partial charge is 0.351 e. The SMILES string of the molecule is NC(Cc1ccccc1)C(=O)N1CCN(CC(=O)NCc2ccccc2)CC1. The molecule has 0 aliphatic carbocycles. The molecule has 148 valence electrons. The molecule has 28 heavy (non-hydrogen) atoms. The number of rotatable bonds is 7. The van der Waals surface area contributed by atoms with Gasteiger partial charge in [0.15, 0.2) is 0 Å². The molecule has 1 aliphatic heterocycles. The molecule has 1 fully saturated rings. The van der Waals surface area contributed by atoms with Crippen LogP contribution in [0.15, 0.2) is 60.7 Å². The third-order valence-corrected chi connectivity index (χ3v) is 5.00. The van der Waals surface area contributed by atoms with E-state index in [0.29, 0.717) is 45.7 Å². The Labute approximate surface area is 166 Å². The standard InChI is InChI=1S/C22H28N4O2/c23-20(15-18-7-3-1-4-8-18)22(28)26-13-11-25(12-14-26)17-21(27)24-16-19-9-5-2-6-10-19/h1-10,20H,11-17,23H2,(H,24,27). The maximum atomic E-state index is 12.6. The highest BCUT2D eigenvalue weighted by Crippen LogP contribution is 2.08. The number of amides is 2. The second-order valence-electron chi connectivity index (χ2n) is 7.16. The maximum absolute atomic E-state index is 12.6. The van der Waals surface area contributed by atoms with Crippen molar-refractivity contribution in [2.24, 2.45) is 5.73 Å². The molecule has 0 radical (unpaired) electrons. The third-order valence-electron chi connectivity index (χ3n) is 5.00. The van der Waals surface area contributed by atoms with Crippen molar-refractivity contribution in [3.63, 3.8) is 0 Å². The van der Waals surface area contributed by atoms with Gasteiger partial charge in [-0.15, -0.1) is 0 Å². The normalized spacial score (nSPS) is 15.8. The van der Waals surface area contributed by atoms with Crippen molar-refractivity contribution < 1.29 is 9.59 Å². The van der Waals surface area contributed by atoms with E-state index in [1.165, 1.54) is 0 Å². The summed E-state index contributed by atoms with van der Waals surface area (Å²) < 4.78 is 0. The molecule has 6 heteroatoms. The van der Waals surface area contributed by atoms with Gasteiger partial charge in [-0.1, -0.05) is 60.7 Å². The number of hydrogen-bond acceptors (Lipinski definition) is 4. The number of benzene rings is 2. The number of hydrogen-bond donors (Lipinski definition) is 2. The van der Waals surface area contributed by atoms with Crippen molar-refractivity contribution in [2.75, 3.05) is 32.7 Å². The van der Waals surface area contributed by atoms with Crippen molar-refractivity contribution in [1.29, 1.82) is 0 Å². The first-order valence-corrected chi connectivity index (χ1v) is 9.73. The van der Waals surface area contributed by atoms with Gasteiger partial charge in [0, 0.05) is 32.7 Å². The first kappa shape index (κ1) is 20.0. The van der Waals surface area contributed by atoms with Crippen LogP contribution in [0.4, 0.5) is 0 Å². The van der Waals surface area contributed by atoms with Crippen LogP contribution in [0.2, 0.25) is 0 Å². The molecule has 1 unspecified atom stereocenters. The van der Waals surface area contributed by atoms with Gasteiger partial charge in [0.05, 0.1) is 12.6 Å². The van der Waals surface area contributed by atoms with E-state index < -0.39 is 6.04 Å². The van der Waals surface area contributed by atoms with Gasteiger partial charge in [-0.3, -0.25) is 14.5 Å². The van der Waals surface area contributed by atoms with E-state index in [-0.39, 0.29) is 11.8 Å². The van der Waals surface area contributed by atoms with E-state index in [4.69, 9.17) is 5.73 Å². The molecule has 1 atom stereocenters. The van der Waals surface area contributed by atoms with Gasteiger partial charge in [0.1, 0.15) is 0 Å². The fourth-order valence-electron chi connectivity index (χ4n) is 3.37. The minimum Gasteiger partial charge on any atom is -0.351 e. The monoisotopic (exact) mass is 380 g/mol. The van der Waals surface area contributed by atoms with Crippen molar-refractivity contribution >= 4 is 11.8 Å². The molecule has 2 amide bonds. The molecule has 1 aliphatic rings. The molecule has 6 nitrogen and oxygen atoms in total. The predicted octanol–water partition coefficient (Wildman–Crippen LogP) is 1.02. The Morgan fingerprint density at radius 2 is 1.46 bits per heavy atom. The van der Waals surface area contributed by atoms with Gasteiger partial charge in [-0.25, -0.2) is 0 Å². The van der Waals surface area contributed by atoms with Crippen LogP contribution in [-0.2, 0) is 22.6 Å². The topological polar surface area (TPSA) is 78.7 Å². The molecule has 0 bridgehead atoms. The Kier molecular flexibility index (Phi) is 7.17. The average molecular weight is 380 g/mol. The molecular weight excluding hydrogens is 352 g/mol. The number of piperazine rings is 1. The van der Waals surface area contributed by atoms with E-state index in [1.807, 2.05) is 65.6 Å². The van der Waals surface area contributed by atoms with Crippen LogP contribution in [0.25, 0.3) is 0 Å². The van der Waals surface area contributed by atoms with Gasteiger partial charge in [0.2, 0.25) is 11.8 Å². The van der Waals surface area contributed by atoms with Gasteiger partial charge in [0.25, 0.3) is 0 Å². The highest BCUT2D eigenvalue weighted by molar-refractivity contribution is 5.82. The molecule has 2 aromatic carbocycles. The lowest BCUT2D eigenvalue weighted by atomic mass is 10.1. The zero-order valence-corrected chi connectivity index (χ0v) is 16.1. The minimum absolute atomic E-state index is 0.00408. The second kappa shape index (κ2) is 10.0. The third kappa shape index (κ3) is 5.90. The number of carbonyl (C=O) groups is 2. The lowest BCUT2D eigenvalue weighted by Crippen LogP contribution is -2.54. The van der Waals surface area contributed by atoms with E-state index in [2.05, 4.69) is 10.2 Å². The van der Waals surface area contributed by atoms with Crippen LogP contribution in [0.1, 0.15) is 11.1 Å². The molecular formula is C22H28N4O2. The first-order valence-electron chi connectivity index (χ1n) is 9.73. The van der Waals surface area contributed by atoms with Crippen LogP contribution < -0.4 is 11.1 Å². The summed E-state index contributed by atoms with van der Waals surface area (Å²) in [6, 6.07) is 19.2. The second-order valence-corrected chi connectivity index (χ2v) is 7.16. The summed E-state index contributed by atoms with van der Waals surface area (Å²) in [6.07, 6.45) is 0.543. The molecule has 0 aromatic heterocycles. The molecule has 3 rings (SSSR count). The smallest absolute Gasteiger partial charge is 0.239 e. The summed E-state index contributed by atoms with van der Waals surface area (Å²) >= 11 is 0. The zero-order valence-electron chi connectivity index (χ0n) is 16.1. The molecule has 2 aromatic rings. The molecule has 1 heterocycles. The summed E-state index contributed by atoms with van der Waals surface area (Å²) in [5.74, 6) is -0.0126. The molecule has 1 saturated heterocycles. The van der Waals surface area contributed by atoms with Crippen LogP contribution in [-0.4, -0.2) is 60.4 Å². The first-order chi connectivity index (χ1) is 13.6. The van der Waals surface area contributed by atoms with E-state index in [0.717, 1.165) is 11.1 Å². The average Bonchev–Trinajstić information content (AvgIpc) is 2.74. The van der Waals surface area contributed by atoms with E-state index >= 15 is 0 Å². The Bertz CT molecular complexity index is 759. The predicted molar refractivity (Wildman–Crippen MR) is 109 cm³/mol. The van der Waals surface area contributed by atoms with Crippen LogP contribution >= 0.6 is 0 Å². The Hall–Kier alpha value is -2.70. The lowest BCUT2D eigenvalue weighted by Gasteiger charge is -2.35. The summed E-state index contributed by atoms with van der Waals surface area (Å²) in [7, 11) is 0. The fourth-order valence-corrected chi connectivity index (χ4v) is 3.37. The zero-order chi connectivity index (χ0) is 19.8. The fraction of sp³-hybridized carbons (Fsp3) is 0.364. The Morgan fingerprint density at radius 3 is 2.07 bits per heavy atom. The molecule has 0 saturated carbocycles. The molecule has 0 spiro atoms. The van der Waals surface area contributed by atoms with Crippen molar-refractivity contribution in [2.45, 2.75) is 19.0 Å². The summed E-state index contributed by atoms with van der Waals surface area (Å²) in [5, 5.41) is 2.94. The van der Waals surface area contributed by atoms with Crippen LogP contribution in [0, 0.1) is 0 Å². The van der Waals surface area contributed by atoms with Gasteiger partial charge in [-0.2, -0.15) is 0 Å². The van der Waals surface area contributed by atoms with Crippen molar-refractivity contribution in [1.82, 2.24) is 15.1 Å². The Morgan fingerprint density at radius 1 is 0.893 bits per heavy atom. The Balaban J connectivity index is 1.38. The highest BCUT2D eigenvalue weighted by atomic mass is 16.2. The van der Waals surface area contributed by atoms with Crippen LogP contribution in [0.5, 0.6) is 0 Å². The number of nitrogens with zero attached hydrogens (tertiary/aromatic N) is 2. The van der Waals surface area contributed by atoms with E-state index in [9.17, 15) is 9.59 Å². The van der Waals surface area contributed by atoms with Gasteiger partial charge < -0.3 is 16.0 Å². The van der Waals surface area contributed by atoms with Crippen molar-refractivity contribution in [3.05, 3.63) is 71.8 Å². The van der Waals surface area contributed by atoms with Crippen LogP contribution in [0.3, 0.4) is 0 Å². The highest BCUT2D eigenvalue weighted by Gasteiger charge is 2.26. The number of nitrogens with two attached hydrogens (primary N) is 1. The maximum Gasteiger partial charge on any atom is 0.239 e. The quantitative estimate of drug-likeness (QED) is 0.752. The number of carbonyl (C=O) groups excluding carboxylic acids is 2. The summed E-state index contributed by atoms with van der Waals surface area (Å²) in [4.78, 5) is 28.6. The summed E-state index contributed by atoms with van der Waals surface area (Å²) in [5.41, 5.74) is 8.27. The van der Waals surface area contributed by atoms with E-state index in [1.54, 1.807) is 0 Å². The summed E-state index contributed by atoms with van der Waals surface area (Å²) in [6.45, 7) is 3.46. The lowest BCUT2D eigenvalue weighted by molar-refractivity contribution is -0.134. The molecule has 3 N–H and O–H groups in total. The minimum atomic E-state index is -0.525. The van der Waals surface area contributed by atoms with Gasteiger partial charge >= 0.3 is 0 Å². The van der Waals surface area contributed by atoms with Gasteiger partial charge in [-0.05, 0) is 17.5 Å².